The van der Waals surface area contributed by atoms with Crippen molar-refractivity contribution < 1.29 is 23.5 Å². The minimum Gasteiger partial charge on any atom is -0.442 e. The fourth-order valence-corrected chi connectivity index (χ4v) is 3.52. The quantitative estimate of drug-likeness (QED) is 0.790. The number of nitrogens with zero attached hydrogens (tertiary/aromatic N) is 6. The fourth-order valence-electron chi connectivity index (χ4n) is 3.52. The average Bonchev–Trinajstić information content (AvgIpc) is 3.32. The van der Waals surface area contributed by atoms with E-state index in [0.717, 1.165) is 0 Å². The van der Waals surface area contributed by atoms with Gasteiger partial charge in [0.2, 0.25) is 11.9 Å². The van der Waals surface area contributed by atoms with Crippen molar-refractivity contribution >= 4 is 35.4 Å². The highest BCUT2D eigenvalue weighted by molar-refractivity contribution is 5.97. The normalized spacial score (nSPS) is 21.2. The van der Waals surface area contributed by atoms with Gasteiger partial charge in [0.05, 0.1) is 24.5 Å². The van der Waals surface area contributed by atoms with Gasteiger partial charge in [-0.1, -0.05) is 5.11 Å². The number of anilines is 2. The number of halogens is 1. The lowest BCUT2D eigenvalue weighted by Gasteiger charge is -2.36. The molecule has 12 heteroatoms. The first-order chi connectivity index (χ1) is 14.4. The summed E-state index contributed by atoms with van der Waals surface area (Å²) >= 11 is 0. The molecule has 3 aliphatic rings. The van der Waals surface area contributed by atoms with Gasteiger partial charge >= 0.3 is 12.1 Å². The molecule has 30 heavy (non-hydrogen) atoms. The third kappa shape index (κ3) is 4.07. The molecule has 2 fully saturated rings. The molecule has 1 aromatic rings. The van der Waals surface area contributed by atoms with Crippen molar-refractivity contribution in [3.8, 4) is 0 Å². The molecule has 11 nitrogen and oxygen atoms in total. The molecule has 1 aromatic carbocycles. The third-order valence-electron chi connectivity index (χ3n) is 5.02. The van der Waals surface area contributed by atoms with Gasteiger partial charge in [0, 0.05) is 33.1 Å². The Hall–Kier alpha value is -3.57. The summed E-state index contributed by atoms with van der Waals surface area (Å²) in [5.74, 6) is -0.376. The number of urea groups is 1. The standard InChI is InChI=1S/C18H20FN7O4/c1-11(27)20-9-13-10-26(18(29)30-13)12-2-3-15(14(19)8-12)24-4-6-25(7-5-24)16-21-17(28)23-22-16/h2-3,8,13H,4-7,9-10H2,1H3,(H,20,27). The minimum atomic E-state index is -0.617. The summed E-state index contributed by atoms with van der Waals surface area (Å²) in [5, 5.41) is 9.70. The molecule has 4 amide bonds. The molecule has 0 radical (unpaired) electrons. The summed E-state index contributed by atoms with van der Waals surface area (Å²) in [4.78, 5) is 43.0. The second-order valence-electron chi connectivity index (χ2n) is 7.06. The first kappa shape index (κ1) is 19.7. The van der Waals surface area contributed by atoms with E-state index in [1.165, 1.54) is 17.9 Å². The summed E-state index contributed by atoms with van der Waals surface area (Å²) in [6, 6.07) is 3.98. The van der Waals surface area contributed by atoms with E-state index in [-0.39, 0.29) is 25.0 Å². The van der Waals surface area contributed by atoms with Crippen LogP contribution in [0.15, 0.2) is 33.4 Å². The van der Waals surface area contributed by atoms with Crippen LogP contribution in [0.25, 0.3) is 0 Å². The van der Waals surface area contributed by atoms with E-state index in [9.17, 15) is 18.8 Å². The summed E-state index contributed by atoms with van der Waals surface area (Å²) in [6.07, 6.45) is -1.06. The van der Waals surface area contributed by atoms with Crippen LogP contribution in [0.3, 0.4) is 0 Å². The molecular formula is C18H20FN7O4. The SMILES string of the molecule is CC(=O)NCC1CN(c2ccc(N3CCN(C4=NC(=O)N=N4)CC3)c(F)c2)C(=O)O1. The van der Waals surface area contributed by atoms with Crippen molar-refractivity contribution in [3.05, 3.63) is 24.0 Å². The maximum absolute atomic E-state index is 14.8. The van der Waals surface area contributed by atoms with Crippen LogP contribution in [-0.2, 0) is 9.53 Å². The van der Waals surface area contributed by atoms with Gasteiger partial charge in [-0.25, -0.2) is 14.0 Å². The number of cyclic esters (lactones) is 1. The van der Waals surface area contributed by atoms with Crippen LogP contribution in [0.4, 0.5) is 25.4 Å². The van der Waals surface area contributed by atoms with Crippen LogP contribution in [-0.4, -0.2) is 74.3 Å². The van der Waals surface area contributed by atoms with Crippen LogP contribution in [0.1, 0.15) is 6.92 Å². The zero-order valence-electron chi connectivity index (χ0n) is 16.2. The van der Waals surface area contributed by atoms with Gasteiger partial charge in [-0.2, -0.15) is 4.99 Å². The van der Waals surface area contributed by atoms with Crippen molar-refractivity contribution in [2.45, 2.75) is 13.0 Å². The lowest BCUT2D eigenvalue weighted by molar-refractivity contribution is -0.119. The second kappa shape index (κ2) is 8.05. The number of carbonyl (C=O) groups excluding carboxylic acids is 3. The van der Waals surface area contributed by atoms with Crippen molar-refractivity contribution in [3.63, 3.8) is 0 Å². The summed E-state index contributed by atoms with van der Waals surface area (Å²) in [5.41, 5.74) is 0.816. The Labute approximate surface area is 171 Å². The number of rotatable bonds is 4. The summed E-state index contributed by atoms with van der Waals surface area (Å²) < 4.78 is 20.0. The van der Waals surface area contributed by atoms with Crippen molar-refractivity contribution in [2.24, 2.45) is 15.2 Å². The van der Waals surface area contributed by atoms with Crippen molar-refractivity contribution in [1.29, 1.82) is 0 Å². The fraction of sp³-hybridized carbons (Fsp3) is 0.444. The number of ether oxygens (including phenoxy) is 1. The molecule has 1 unspecified atom stereocenters. The van der Waals surface area contributed by atoms with E-state index < -0.39 is 24.0 Å². The number of azo groups is 1. The lowest BCUT2D eigenvalue weighted by atomic mass is 10.2. The highest BCUT2D eigenvalue weighted by atomic mass is 19.1. The molecule has 3 heterocycles. The van der Waals surface area contributed by atoms with Gasteiger partial charge in [-0.05, 0) is 18.2 Å². The van der Waals surface area contributed by atoms with Crippen LogP contribution in [0.5, 0.6) is 0 Å². The molecule has 1 N–H and O–H groups in total. The number of carbonyl (C=O) groups is 3. The van der Waals surface area contributed by atoms with Crippen molar-refractivity contribution in [1.82, 2.24) is 10.2 Å². The number of nitrogens with one attached hydrogen (secondary N) is 1. The Morgan fingerprint density at radius 3 is 2.57 bits per heavy atom. The highest BCUT2D eigenvalue weighted by Crippen LogP contribution is 2.28. The van der Waals surface area contributed by atoms with Gasteiger partial charge in [0.25, 0.3) is 0 Å². The second-order valence-corrected chi connectivity index (χ2v) is 7.06. The smallest absolute Gasteiger partial charge is 0.414 e. The number of hydrogen-bond acceptors (Lipinski definition) is 7. The Balaban J connectivity index is 1.39. The van der Waals surface area contributed by atoms with Crippen molar-refractivity contribution in [2.75, 3.05) is 49.1 Å². The van der Waals surface area contributed by atoms with Crippen LogP contribution in [0, 0.1) is 5.82 Å². The van der Waals surface area contributed by atoms with Gasteiger partial charge in [0.15, 0.2) is 0 Å². The van der Waals surface area contributed by atoms with Gasteiger partial charge in [-0.3, -0.25) is 9.69 Å². The monoisotopic (exact) mass is 417 g/mol. The minimum absolute atomic E-state index is 0.207. The molecule has 0 bridgehead atoms. The Morgan fingerprint density at radius 2 is 1.93 bits per heavy atom. The molecule has 0 saturated carbocycles. The molecule has 2 saturated heterocycles. The van der Waals surface area contributed by atoms with E-state index in [2.05, 4.69) is 20.5 Å². The first-order valence-electron chi connectivity index (χ1n) is 9.47. The molecule has 4 rings (SSSR count). The molecule has 0 spiro atoms. The molecule has 0 aliphatic carbocycles. The Kier molecular flexibility index (Phi) is 5.29. The summed E-state index contributed by atoms with van der Waals surface area (Å²) in [7, 11) is 0. The van der Waals surface area contributed by atoms with Crippen LogP contribution < -0.4 is 15.1 Å². The number of guanidine groups is 1. The van der Waals surface area contributed by atoms with E-state index in [1.807, 2.05) is 9.80 Å². The van der Waals surface area contributed by atoms with E-state index >= 15 is 0 Å². The van der Waals surface area contributed by atoms with Crippen LogP contribution in [0.2, 0.25) is 0 Å². The number of piperazine rings is 1. The Morgan fingerprint density at radius 1 is 1.20 bits per heavy atom. The number of amides is 4. The zero-order chi connectivity index (χ0) is 21.3. The van der Waals surface area contributed by atoms with Gasteiger partial charge in [-0.15, -0.1) is 5.11 Å². The maximum Gasteiger partial charge on any atom is 0.414 e. The number of benzene rings is 1. The van der Waals surface area contributed by atoms with E-state index in [0.29, 0.717) is 37.6 Å². The first-order valence-corrected chi connectivity index (χ1v) is 9.47. The summed E-state index contributed by atoms with van der Waals surface area (Å²) in [6.45, 7) is 3.90. The maximum atomic E-state index is 14.8. The average molecular weight is 417 g/mol. The van der Waals surface area contributed by atoms with Crippen LogP contribution >= 0.6 is 0 Å². The van der Waals surface area contributed by atoms with E-state index in [4.69, 9.17) is 4.74 Å². The molecule has 158 valence electrons. The van der Waals surface area contributed by atoms with Gasteiger partial charge in [0.1, 0.15) is 11.9 Å². The molecular weight excluding hydrogens is 397 g/mol. The third-order valence-corrected chi connectivity index (χ3v) is 5.02. The van der Waals surface area contributed by atoms with E-state index in [1.54, 1.807) is 12.1 Å². The number of hydrogen-bond donors (Lipinski definition) is 1. The molecule has 1 atom stereocenters. The van der Waals surface area contributed by atoms with Gasteiger partial charge < -0.3 is 19.9 Å². The molecule has 0 aromatic heterocycles. The molecule has 3 aliphatic heterocycles. The Bertz CT molecular complexity index is 942. The predicted molar refractivity (Wildman–Crippen MR) is 104 cm³/mol. The topological polar surface area (TPSA) is 119 Å². The lowest BCUT2D eigenvalue weighted by Crippen LogP contribution is -2.48. The zero-order valence-corrected chi connectivity index (χ0v) is 16.2. The number of aliphatic imine (C=N–C) groups is 1. The highest BCUT2D eigenvalue weighted by Gasteiger charge is 2.33. The largest absolute Gasteiger partial charge is 0.442 e. The predicted octanol–water partition coefficient (Wildman–Crippen LogP) is 1.35.